The van der Waals surface area contributed by atoms with Crippen molar-refractivity contribution in [2.24, 2.45) is 7.05 Å². The Morgan fingerprint density at radius 2 is 1.93 bits per heavy atom. The highest BCUT2D eigenvalue weighted by Gasteiger charge is 2.25. The molecule has 29 heavy (non-hydrogen) atoms. The second kappa shape index (κ2) is 8.41. The third-order valence-corrected chi connectivity index (χ3v) is 5.14. The zero-order chi connectivity index (χ0) is 21.1. The summed E-state index contributed by atoms with van der Waals surface area (Å²) in [5.41, 5.74) is 1.40. The highest BCUT2D eigenvalue weighted by molar-refractivity contribution is 6.02. The number of nitro groups is 1. The van der Waals surface area contributed by atoms with Crippen molar-refractivity contribution in [3.05, 3.63) is 33.4 Å². The molecule has 0 atom stereocenters. The molecular weight excluding hydrogens is 378 g/mol. The smallest absolute Gasteiger partial charge is 0.312 e. The Hall–Kier alpha value is -3.24. The van der Waals surface area contributed by atoms with E-state index in [1.165, 1.54) is 15.6 Å². The standard InChI is InChI=1S/C18H25N7O4/c1-12-16(25(28)29)13(2)24(21-12)10-7-15(26)20-14-11-19-22(3)17(14)18(27)23-8-5-4-6-9-23/h11H,4-10H2,1-3H3,(H,20,26). The second-order valence-corrected chi connectivity index (χ2v) is 7.18. The average molecular weight is 403 g/mol. The summed E-state index contributed by atoms with van der Waals surface area (Å²) in [7, 11) is 1.67. The first-order valence-corrected chi connectivity index (χ1v) is 9.59. The van der Waals surface area contributed by atoms with Crippen LogP contribution in [0.5, 0.6) is 0 Å². The van der Waals surface area contributed by atoms with E-state index in [1.807, 2.05) is 0 Å². The van der Waals surface area contributed by atoms with E-state index < -0.39 is 4.92 Å². The van der Waals surface area contributed by atoms with E-state index in [-0.39, 0.29) is 30.5 Å². The lowest BCUT2D eigenvalue weighted by atomic mass is 10.1. The maximum absolute atomic E-state index is 12.8. The summed E-state index contributed by atoms with van der Waals surface area (Å²) in [5.74, 6) is -0.463. The van der Waals surface area contributed by atoms with Gasteiger partial charge in [0.2, 0.25) is 5.91 Å². The molecule has 0 aromatic carbocycles. The summed E-state index contributed by atoms with van der Waals surface area (Å²) in [6.07, 6.45) is 4.58. The predicted molar refractivity (Wildman–Crippen MR) is 105 cm³/mol. The minimum atomic E-state index is -0.470. The summed E-state index contributed by atoms with van der Waals surface area (Å²) < 4.78 is 2.92. The molecule has 1 fully saturated rings. The number of aromatic nitrogens is 4. The van der Waals surface area contributed by atoms with Crippen molar-refractivity contribution in [2.45, 2.75) is 46.1 Å². The van der Waals surface area contributed by atoms with Gasteiger partial charge >= 0.3 is 5.69 Å². The summed E-state index contributed by atoms with van der Waals surface area (Å²) in [5, 5.41) is 22.1. The van der Waals surface area contributed by atoms with Gasteiger partial charge in [0.15, 0.2) is 0 Å². The number of nitrogens with zero attached hydrogens (tertiary/aromatic N) is 6. The lowest BCUT2D eigenvalue weighted by Gasteiger charge is -2.27. The minimum Gasteiger partial charge on any atom is -0.337 e. The maximum Gasteiger partial charge on any atom is 0.312 e. The number of amides is 2. The van der Waals surface area contributed by atoms with Gasteiger partial charge in [-0.3, -0.25) is 29.1 Å². The SMILES string of the molecule is Cc1nn(CCC(=O)Nc2cnn(C)c2C(=O)N2CCCCC2)c(C)c1[N+](=O)[O-]. The quantitative estimate of drug-likeness (QED) is 0.578. The molecule has 0 aliphatic carbocycles. The molecule has 2 aromatic rings. The van der Waals surface area contributed by atoms with E-state index in [1.54, 1.807) is 25.8 Å². The Labute approximate surface area is 167 Å². The fourth-order valence-corrected chi connectivity index (χ4v) is 3.62. The summed E-state index contributed by atoms with van der Waals surface area (Å²) in [4.78, 5) is 37.7. The van der Waals surface area contributed by atoms with Crippen molar-refractivity contribution in [3.63, 3.8) is 0 Å². The van der Waals surface area contributed by atoms with Crippen LogP contribution in [0.3, 0.4) is 0 Å². The first kappa shape index (κ1) is 20.5. The number of rotatable bonds is 6. The average Bonchev–Trinajstić information content (AvgIpc) is 3.18. The van der Waals surface area contributed by atoms with Crippen molar-refractivity contribution >= 4 is 23.2 Å². The Bertz CT molecular complexity index is 940. The van der Waals surface area contributed by atoms with Gasteiger partial charge in [0.1, 0.15) is 17.1 Å². The van der Waals surface area contributed by atoms with Gasteiger partial charge < -0.3 is 10.2 Å². The van der Waals surface area contributed by atoms with E-state index in [0.717, 1.165) is 19.3 Å². The molecule has 11 nitrogen and oxygen atoms in total. The van der Waals surface area contributed by atoms with Crippen LogP contribution in [0, 0.1) is 24.0 Å². The molecule has 0 saturated carbocycles. The highest BCUT2D eigenvalue weighted by Crippen LogP contribution is 2.22. The van der Waals surface area contributed by atoms with Gasteiger partial charge in [0, 0.05) is 26.6 Å². The summed E-state index contributed by atoms with van der Waals surface area (Å²) in [6, 6.07) is 0. The van der Waals surface area contributed by atoms with Crippen molar-refractivity contribution in [1.29, 1.82) is 0 Å². The number of carbonyl (C=O) groups is 2. The first-order valence-electron chi connectivity index (χ1n) is 9.59. The molecule has 0 radical (unpaired) electrons. The molecule has 1 saturated heterocycles. The van der Waals surface area contributed by atoms with Crippen molar-refractivity contribution in [3.8, 4) is 0 Å². The van der Waals surface area contributed by atoms with Gasteiger partial charge in [-0.15, -0.1) is 0 Å². The normalized spacial score (nSPS) is 14.1. The van der Waals surface area contributed by atoms with Crippen LogP contribution in [-0.2, 0) is 18.4 Å². The van der Waals surface area contributed by atoms with Crippen LogP contribution in [0.2, 0.25) is 0 Å². The number of carbonyl (C=O) groups excluding carboxylic acids is 2. The monoisotopic (exact) mass is 403 g/mol. The Morgan fingerprint density at radius 1 is 1.24 bits per heavy atom. The van der Waals surface area contributed by atoms with Gasteiger partial charge in [-0.05, 0) is 33.1 Å². The molecule has 0 unspecified atom stereocenters. The molecule has 1 aliphatic heterocycles. The number of anilines is 1. The van der Waals surface area contributed by atoms with E-state index in [2.05, 4.69) is 15.5 Å². The molecule has 2 aromatic heterocycles. The third-order valence-electron chi connectivity index (χ3n) is 5.14. The van der Waals surface area contributed by atoms with Gasteiger partial charge in [0.05, 0.1) is 23.4 Å². The molecule has 2 amide bonds. The number of hydrogen-bond acceptors (Lipinski definition) is 6. The molecule has 3 rings (SSSR count). The van der Waals surface area contributed by atoms with E-state index >= 15 is 0 Å². The Kier molecular flexibility index (Phi) is 5.95. The van der Waals surface area contributed by atoms with E-state index in [0.29, 0.717) is 35.9 Å². The fraction of sp³-hybridized carbons (Fsp3) is 0.556. The van der Waals surface area contributed by atoms with Crippen LogP contribution in [-0.4, -0.2) is 54.3 Å². The molecule has 11 heteroatoms. The number of nitrogens with one attached hydrogen (secondary N) is 1. The highest BCUT2D eigenvalue weighted by atomic mass is 16.6. The number of hydrogen-bond donors (Lipinski definition) is 1. The van der Waals surface area contributed by atoms with Gasteiger partial charge in [-0.1, -0.05) is 0 Å². The topological polar surface area (TPSA) is 128 Å². The Balaban J connectivity index is 1.67. The van der Waals surface area contributed by atoms with Gasteiger partial charge in [-0.25, -0.2) is 0 Å². The molecular formula is C18H25N7O4. The van der Waals surface area contributed by atoms with Crippen LogP contribution < -0.4 is 5.32 Å². The second-order valence-electron chi connectivity index (χ2n) is 7.18. The van der Waals surface area contributed by atoms with E-state index in [9.17, 15) is 19.7 Å². The lowest BCUT2D eigenvalue weighted by Crippen LogP contribution is -2.37. The summed E-state index contributed by atoms with van der Waals surface area (Å²) in [6.45, 7) is 4.77. The van der Waals surface area contributed by atoms with Crippen LogP contribution in [0.4, 0.5) is 11.4 Å². The largest absolute Gasteiger partial charge is 0.337 e. The number of aryl methyl sites for hydroxylation is 3. The third kappa shape index (κ3) is 4.28. The van der Waals surface area contributed by atoms with Gasteiger partial charge in [0.25, 0.3) is 5.91 Å². The van der Waals surface area contributed by atoms with Gasteiger partial charge in [-0.2, -0.15) is 10.2 Å². The zero-order valence-corrected chi connectivity index (χ0v) is 16.8. The predicted octanol–water partition coefficient (Wildman–Crippen LogP) is 1.80. The van der Waals surface area contributed by atoms with E-state index in [4.69, 9.17) is 0 Å². The van der Waals surface area contributed by atoms with Crippen molar-refractivity contribution < 1.29 is 14.5 Å². The number of piperidine rings is 1. The van der Waals surface area contributed by atoms with Crippen molar-refractivity contribution in [2.75, 3.05) is 18.4 Å². The molecule has 3 heterocycles. The Morgan fingerprint density at radius 3 is 2.55 bits per heavy atom. The maximum atomic E-state index is 12.8. The summed E-state index contributed by atoms with van der Waals surface area (Å²) >= 11 is 0. The molecule has 0 spiro atoms. The molecule has 0 bridgehead atoms. The van der Waals surface area contributed by atoms with Crippen LogP contribution >= 0.6 is 0 Å². The van der Waals surface area contributed by atoms with Crippen LogP contribution in [0.1, 0.15) is 47.6 Å². The zero-order valence-electron chi connectivity index (χ0n) is 16.8. The van der Waals surface area contributed by atoms with Crippen molar-refractivity contribution in [1.82, 2.24) is 24.5 Å². The molecule has 156 valence electrons. The van der Waals surface area contributed by atoms with Crippen LogP contribution in [0.15, 0.2) is 6.20 Å². The number of likely N-dealkylation sites (tertiary alicyclic amines) is 1. The first-order chi connectivity index (χ1) is 13.8. The molecule has 1 aliphatic rings. The lowest BCUT2D eigenvalue weighted by molar-refractivity contribution is -0.386. The minimum absolute atomic E-state index is 0.0351. The van der Waals surface area contributed by atoms with Crippen LogP contribution in [0.25, 0.3) is 0 Å². The molecule has 1 N–H and O–H groups in total. The fourth-order valence-electron chi connectivity index (χ4n) is 3.62.